The number of benzene rings is 1. The van der Waals surface area contributed by atoms with Crippen molar-refractivity contribution in [2.75, 3.05) is 0 Å². The zero-order chi connectivity index (χ0) is 20.7. The number of halogens is 2. The Morgan fingerprint density at radius 2 is 1.96 bits per heavy atom. The van der Waals surface area contributed by atoms with Crippen LogP contribution in [0.5, 0.6) is 0 Å². The van der Waals surface area contributed by atoms with Crippen LogP contribution in [-0.2, 0) is 11.4 Å². The first-order valence-electron chi connectivity index (χ1n) is 9.77. The summed E-state index contributed by atoms with van der Waals surface area (Å²) in [6.07, 6.45) is 0.447. The van der Waals surface area contributed by atoms with E-state index < -0.39 is 22.0 Å². The maximum absolute atomic E-state index is 13.7. The number of hydrogen-bond donors (Lipinski definition) is 3. The number of aromatic nitrogens is 2. The maximum atomic E-state index is 13.7. The van der Waals surface area contributed by atoms with Crippen LogP contribution in [0.1, 0.15) is 76.8 Å². The van der Waals surface area contributed by atoms with Crippen molar-refractivity contribution in [3.63, 3.8) is 0 Å². The van der Waals surface area contributed by atoms with Gasteiger partial charge in [0.1, 0.15) is 16.6 Å². The molecule has 156 valence electrons. The number of nitrogens with two attached hydrogens (primary N) is 1. The van der Waals surface area contributed by atoms with Crippen LogP contribution in [0.15, 0.2) is 18.2 Å². The zero-order valence-electron chi connectivity index (χ0n) is 16.9. The summed E-state index contributed by atoms with van der Waals surface area (Å²) >= 11 is -1.34. The van der Waals surface area contributed by atoms with E-state index in [2.05, 4.69) is 14.7 Å². The van der Waals surface area contributed by atoms with Crippen LogP contribution >= 0.6 is 0 Å². The van der Waals surface area contributed by atoms with Crippen LogP contribution in [0.4, 0.5) is 8.78 Å². The van der Waals surface area contributed by atoms with Gasteiger partial charge in [-0.15, -0.1) is 4.72 Å². The van der Waals surface area contributed by atoms with E-state index in [4.69, 9.17) is 5.73 Å². The van der Waals surface area contributed by atoms with E-state index in [9.17, 15) is 13.3 Å². The van der Waals surface area contributed by atoms with Gasteiger partial charge in [0, 0.05) is 30.2 Å². The molecule has 0 amide bonds. The molecular formula is C20H30F2N4OS. The summed E-state index contributed by atoms with van der Waals surface area (Å²) in [5.41, 5.74) is 8.59. The minimum atomic E-state index is -2.61. The molecule has 3 rings (SSSR count). The van der Waals surface area contributed by atoms with Crippen LogP contribution in [0.25, 0.3) is 11.0 Å². The highest BCUT2D eigenvalue weighted by Gasteiger charge is 2.41. The summed E-state index contributed by atoms with van der Waals surface area (Å²) in [5.74, 6) is -2.02. The highest BCUT2D eigenvalue weighted by atomic mass is 32.2. The third-order valence-corrected chi connectivity index (χ3v) is 6.95. The van der Waals surface area contributed by atoms with Crippen molar-refractivity contribution >= 4 is 22.4 Å². The van der Waals surface area contributed by atoms with Crippen LogP contribution in [0, 0.1) is 5.92 Å². The molecule has 8 heteroatoms. The molecule has 0 radical (unpaired) electrons. The third-order valence-electron chi connectivity index (χ3n) is 5.37. The first kappa shape index (κ1) is 21.5. The second-order valence-corrected chi connectivity index (χ2v) is 10.9. The van der Waals surface area contributed by atoms with Gasteiger partial charge in [-0.1, -0.05) is 6.07 Å². The molecule has 1 aliphatic rings. The monoisotopic (exact) mass is 412 g/mol. The summed E-state index contributed by atoms with van der Waals surface area (Å²) in [4.78, 5) is 7.99. The van der Waals surface area contributed by atoms with E-state index in [0.717, 1.165) is 16.6 Å². The maximum Gasteiger partial charge on any atom is 0.248 e. The minimum absolute atomic E-state index is 0.0561. The van der Waals surface area contributed by atoms with Crippen molar-refractivity contribution in [2.45, 2.75) is 76.1 Å². The largest absolute Gasteiger partial charge is 0.598 e. The van der Waals surface area contributed by atoms with Crippen molar-refractivity contribution in [3.05, 3.63) is 29.6 Å². The summed E-state index contributed by atoms with van der Waals surface area (Å²) in [5, 5.41) is 0. The van der Waals surface area contributed by atoms with E-state index in [1.54, 1.807) is 0 Å². The predicted molar refractivity (Wildman–Crippen MR) is 109 cm³/mol. The molecule has 1 saturated carbocycles. The first-order chi connectivity index (χ1) is 13.0. The molecule has 0 spiro atoms. The average molecular weight is 413 g/mol. The SMILES string of the molecule is CC(N)c1ccc2nc(C(N[S+]([O-])C(C)(C)C)C3CCC(F)(F)CC3)[nH]c2c1. The molecule has 1 aromatic heterocycles. The Kier molecular flexibility index (Phi) is 6.06. The van der Waals surface area contributed by atoms with Gasteiger partial charge in [0.25, 0.3) is 0 Å². The fraction of sp³-hybridized carbons (Fsp3) is 0.650. The van der Waals surface area contributed by atoms with Gasteiger partial charge < -0.3 is 15.3 Å². The minimum Gasteiger partial charge on any atom is -0.598 e. The molecule has 2 aromatic rings. The second kappa shape index (κ2) is 7.89. The van der Waals surface area contributed by atoms with E-state index in [-0.39, 0.29) is 30.8 Å². The molecule has 5 nitrogen and oxygen atoms in total. The van der Waals surface area contributed by atoms with Gasteiger partial charge in [0.2, 0.25) is 5.92 Å². The van der Waals surface area contributed by atoms with Crippen molar-refractivity contribution in [2.24, 2.45) is 11.7 Å². The van der Waals surface area contributed by atoms with Crippen molar-refractivity contribution in [3.8, 4) is 0 Å². The molecule has 28 heavy (non-hydrogen) atoms. The lowest BCUT2D eigenvalue weighted by atomic mass is 9.82. The van der Waals surface area contributed by atoms with Gasteiger partial charge in [-0.05, 0) is 64.2 Å². The number of alkyl halides is 2. The number of rotatable bonds is 5. The fourth-order valence-corrected chi connectivity index (χ4v) is 4.43. The Bertz CT molecular complexity index is 808. The van der Waals surface area contributed by atoms with Gasteiger partial charge in [0.15, 0.2) is 0 Å². The van der Waals surface area contributed by atoms with Gasteiger partial charge in [0.05, 0.1) is 11.0 Å². The standard InChI is InChI=1S/C20H30F2N4OS/c1-12(23)14-5-6-15-16(11-14)25-18(24-15)17(26-28(27)19(2,3)4)13-7-9-20(21,22)10-8-13/h5-6,11-13,17,26H,7-10,23H2,1-4H3,(H,24,25). The Hall–Kier alpha value is -1.22. The number of nitrogens with zero attached hydrogens (tertiary/aromatic N) is 1. The van der Waals surface area contributed by atoms with Crippen molar-refractivity contribution in [1.29, 1.82) is 0 Å². The average Bonchev–Trinajstić information content (AvgIpc) is 3.01. The van der Waals surface area contributed by atoms with Crippen LogP contribution in [0.2, 0.25) is 0 Å². The van der Waals surface area contributed by atoms with Crippen LogP contribution in [-0.4, -0.2) is 25.2 Å². The smallest absolute Gasteiger partial charge is 0.248 e. The molecule has 3 unspecified atom stereocenters. The van der Waals surface area contributed by atoms with Gasteiger partial charge in [-0.2, -0.15) is 0 Å². The number of H-pyrrole nitrogens is 1. The topological polar surface area (TPSA) is 89.8 Å². The van der Waals surface area contributed by atoms with Gasteiger partial charge in [-0.25, -0.2) is 13.8 Å². The molecule has 0 saturated heterocycles. The van der Waals surface area contributed by atoms with Gasteiger partial charge >= 0.3 is 0 Å². The lowest BCUT2D eigenvalue weighted by molar-refractivity contribution is -0.0492. The molecule has 4 N–H and O–H groups in total. The Morgan fingerprint density at radius 1 is 1.32 bits per heavy atom. The normalized spacial score (nSPS) is 21.6. The lowest BCUT2D eigenvalue weighted by Gasteiger charge is -2.35. The number of fused-ring (bicyclic) bond motifs is 1. The van der Waals surface area contributed by atoms with Crippen LogP contribution in [0.3, 0.4) is 0 Å². The first-order valence-corrected chi connectivity index (χ1v) is 10.9. The molecule has 1 aliphatic carbocycles. The molecule has 1 fully saturated rings. The number of hydrogen-bond acceptors (Lipinski definition) is 4. The fourth-order valence-electron chi connectivity index (χ4n) is 3.54. The van der Waals surface area contributed by atoms with Crippen molar-refractivity contribution in [1.82, 2.24) is 14.7 Å². The molecule has 3 atom stereocenters. The number of nitrogens with one attached hydrogen (secondary N) is 2. The van der Waals surface area contributed by atoms with E-state index in [1.165, 1.54) is 0 Å². The number of imidazole rings is 1. The summed E-state index contributed by atoms with van der Waals surface area (Å²) in [6, 6.07) is 5.33. The molecule has 1 aromatic carbocycles. The molecule has 1 heterocycles. The summed E-state index contributed by atoms with van der Waals surface area (Å²) < 4.78 is 42.8. The second-order valence-electron chi connectivity index (χ2n) is 8.86. The highest BCUT2D eigenvalue weighted by Crippen LogP contribution is 2.41. The summed E-state index contributed by atoms with van der Waals surface area (Å²) in [6.45, 7) is 7.57. The van der Waals surface area contributed by atoms with E-state index >= 15 is 0 Å². The zero-order valence-corrected chi connectivity index (χ0v) is 17.7. The molecular weight excluding hydrogens is 382 g/mol. The van der Waals surface area contributed by atoms with Crippen molar-refractivity contribution < 1.29 is 13.3 Å². The van der Waals surface area contributed by atoms with Crippen LogP contribution < -0.4 is 10.5 Å². The highest BCUT2D eigenvalue weighted by molar-refractivity contribution is 7.90. The predicted octanol–water partition coefficient (Wildman–Crippen LogP) is 4.50. The Labute approximate surface area is 168 Å². The van der Waals surface area contributed by atoms with E-state index in [0.29, 0.717) is 18.7 Å². The third kappa shape index (κ3) is 4.84. The Morgan fingerprint density at radius 3 is 2.54 bits per heavy atom. The summed E-state index contributed by atoms with van der Waals surface area (Å²) in [7, 11) is 0. The molecule has 0 bridgehead atoms. The molecule has 0 aliphatic heterocycles. The lowest BCUT2D eigenvalue weighted by Crippen LogP contribution is -2.44. The number of aromatic amines is 1. The quantitative estimate of drug-likeness (QED) is 0.631. The van der Waals surface area contributed by atoms with Gasteiger partial charge in [-0.3, -0.25) is 0 Å². The van der Waals surface area contributed by atoms with E-state index in [1.807, 2.05) is 45.9 Å². The Balaban J connectivity index is 1.92.